The van der Waals surface area contributed by atoms with Crippen molar-refractivity contribution in [1.82, 2.24) is 0 Å². The molecular formula is C26H24OS. The van der Waals surface area contributed by atoms with Gasteiger partial charge in [-0.1, -0.05) is 66.8 Å². The number of hydrogen-bond donors (Lipinski definition) is 0. The smallest absolute Gasteiger partial charge is 0.134 e. The molecule has 0 aromatic heterocycles. The number of carbonyl (C=O) groups excluding carboxylic acids is 1. The predicted octanol–water partition coefficient (Wildman–Crippen LogP) is 6.80. The summed E-state index contributed by atoms with van der Waals surface area (Å²) in [6.07, 6.45) is 9.73. The van der Waals surface area contributed by atoms with E-state index in [2.05, 4.69) is 72.2 Å². The van der Waals surface area contributed by atoms with E-state index in [9.17, 15) is 4.79 Å². The Morgan fingerprint density at radius 2 is 1.86 bits per heavy atom. The number of rotatable bonds is 3. The topological polar surface area (TPSA) is 17.1 Å². The second kappa shape index (κ2) is 7.25. The molecule has 0 saturated heterocycles. The van der Waals surface area contributed by atoms with Gasteiger partial charge in [-0.25, -0.2) is 0 Å². The van der Waals surface area contributed by atoms with E-state index >= 15 is 0 Å². The Hall–Kier alpha value is -2.32. The number of allylic oxidation sites excluding steroid dienone is 2. The Kier molecular flexibility index (Phi) is 4.60. The minimum Gasteiger partial charge on any atom is -0.300 e. The van der Waals surface area contributed by atoms with Crippen LogP contribution in [0.5, 0.6) is 0 Å². The number of ketones is 1. The first-order valence-electron chi connectivity index (χ1n) is 10.2. The molecule has 3 aromatic carbocycles. The molecule has 5 rings (SSSR count). The average Bonchev–Trinajstić information content (AvgIpc) is 2.74. The van der Waals surface area contributed by atoms with Crippen LogP contribution in [0.25, 0.3) is 21.5 Å². The third-order valence-corrected chi connectivity index (χ3v) is 7.48. The summed E-state index contributed by atoms with van der Waals surface area (Å²) in [4.78, 5) is 12.7. The van der Waals surface area contributed by atoms with Gasteiger partial charge in [-0.3, -0.25) is 4.79 Å². The van der Waals surface area contributed by atoms with Crippen LogP contribution in [0.3, 0.4) is 0 Å². The van der Waals surface area contributed by atoms with Crippen molar-refractivity contribution in [3.05, 3.63) is 83.3 Å². The van der Waals surface area contributed by atoms with Crippen LogP contribution in [0.1, 0.15) is 36.8 Å². The van der Waals surface area contributed by atoms with Crippen LogP contribution in [-0.2, 0) is 11.2 Å². The molecule has 2 heteroatoms. The first-order chi connectivity index (χ1) is 13.7. The van der Waals surface area contributed by atoms with Gasteiger partial charge in [-0.15, -0.1) is 11.8 Å². The van der Waals surface area contributed by atoms with E-state index in [0.29, 0.717) is 11.7 Å². The highest BCUT2D eigenvalue weighted by Gasteiger charge is 2.36. The fraction of sp³-hybridized carbons (Fsp3) is 0.269. The van der Waals surface area contributed by atoms with Crippen molar-refractivity contribution in [2.45, 2.75) is 37.4 Å². The van der Waals surface area contributed by atoms with Gasteiger partial charge in [0.1, 0.15) is 5.78 Å². The Morgan fingerprint density at radius 3 is 2.68 bits per heavy atom. The van der Waals surface area contributed by atoms with Crippen LogP contribution in [-0.4, -0.2) is 11.0 Å². The minimum absolute atomic E-state index is 0.0446. The minimum atomic E-state index is 0.0446. The molecule has 1 aliphatic carbocycles. The first-order valence-corrected chi connectivity index (χ1v) is 11.1. The van der Waals surface area contributed by atoms with Crippen molar-refractivity contribution in [2.24, 2.45) is 5.92 Å². The van der Waals surface area contributed by atoms with Crippen LogP contribution < -0.4 is 0 Å². The lowest BCUT2D eigenvalue weighted by Crippen LogP contribution is -2.31. The second-order valence-electron chi connectivity index (χ2n) is 7.96. The highest BCUT2D eigenvalue weighted by Crippen LogP contribution is 2.45. The molecule has 0 radical (unpaired) electrons. The third-order valence-electron chi connectivity index (χ3n) is 6.40. The molecule has 1 aliphatic heterocycles. The summed E-state index contributed by atoms with van der Waals surface area (Å²) in [6.45, 7) is 1.78. The van der Waals surface area contributed by atoms with Crippen molar-refractivity contribution in [1.29, 1.82) is 0 Å². The summed E-state index contributed by atoms with van der Waals surface area (Å²) >= 11 is 1.79. The molecule has 0 bridgehead atoms. The predicted molar refractivity (Wildman–Crippen MR) is 121 cm³/mol. The number of thioether (sulfide) groups is 1. The van der Waals surface area contributed by atoms with E-state index < -0.39 is 0 Å². The molecule has 0 amide bonds. The zero-order valence-electron chi connectivity index (χ0n) is 16.1. The molecule has 3 aromatic rings. The first kappa shape index (κ1) is 17.8. The van der Waals surface area contributed by atoms with Gasteiger partial charge >= 0.3 is 0 Å². The van der Waals surface area contributed by atoms with Gasteiger partial charge in [0.2, 0.25) is 0 Å². The van der Waals surface area contributed by atoms with Crippen LogP contribution >= 0.6 is 11.8 Å². The Labute approximate surface area is 170 Å². The van der Waals surface area contributed by atoms with Crippen LogP contribution in [0.4, 0.5) is 0 Å². The molecule has 140 valence electrons. The van der Waals surface area contributed by atoms with Crippen LogP contribution in [0.2, 0.25) is 0 Å². The molecule has 0 N–H and O–H groups in total. The van der Waals surface area contributed by atoms with E-state index in [1.54, 1.807) is 18.7 Å². The normalized spacial score (nSPS) is 22.3. The maximum absolute atomic E-state index is 12.7. The number of aryl methyl sites for hydroxylation is 1. The van der Waals surface area contributed by atoms with Crippen molar-refractivity contribution < 1.29 is 4.79 Å². The zero-order valence-corrected chi connectivity index (χ0v) is 16.9. The molecule has 3 unspecified atom stereocenters. The average molecular weight is 385 g/mol. The fourth-order valence-electron chi connectivity index (χ4n) is 5.17. The quantitative estimate of drug-likeness (QED) is 0.462. The second-order valence-corrected chi connectivity index (χ2v) is 9.05. The number of carbonyl (C=O) groups is 1. The lowest BCUT2D eigenvalue weighted by atomic mass is 9.72. The van der Waals surface area contributed by atoms with E-state index in [-0.39, 0.29) is 11.2 Å². The van der Waals surface area contributed by atoms with Gasteiger partial charge in [-0.05, 0) is 70.2 Å². The molecule has 0 saturated carbocycles. The summed E-state index contributed by atoms with van der Waals surface area (Å²) in [5.41, 5.74) is 2.86. The Bertz CT molecular complexity index is 1120. The summed E-state index contributed by atoms with van der Waals surface area (Å²) in [5.74, 6) is 0.669. The van der Waals surface area contributed by atoms with Gasteiger partial charge in [0.25, 0.3) is 0 Å². The van der Waals surface area contributed by atoms with Crippen molar-refractivity contribution >= 4 is 39.1 Å². The highest BCUT2D eigenvalue weighted by atomic mass is 32.2. The van der Waals surface area contributed by atoms with Crippen LogP contribution in [0.15, 0.2) is 72.2 Å². The monoisotopic (exact) mass is 384 g/mol. The SMILES string of the molecule is CC(=O)C(C1C=CC=CS1)C1CCCc2c1ccc1c2ccc2ccccc21. The van der Waals surface area contributed by atoms with Crippen LogP contribution in [0, 0.1) is 5.92 Å². The lowest BCUT2D eigenvalue weighted by molar-refractivity contribution is -0.121. The molecular weight excluding hydrogens is 360 g/mol. The van der Waals surface area contributed by atoms with Gasteiger partial charge in [0.05, 0.1) is 0 Å². The molecule has 0 spiro atoms. The number of Topliss-reactive ketones (excluding diaryl/α,β-unsaturated/α-hetero) is 1. The van der Waals surface area contributed by atoms with Crippen molar-refractivity contribution in [3.63, 3.8) is 0 Å². The highest BCUT2D eigenvalue weighted by molar-refractivity contribution is 8.03. The Balaban J connectivity index is 1.66. The molecule has 3 atom stereocenters. The maximum Gasteiger partial charge on any atom is 0.134 e. The van der Waals surface area contributed by atoms with Gasteiger partial charge in [0.15, 0.2) is 0 Å². The standard InChI is InChI=1S/C26H24OS/c1-17(27)26(25-11-4-5-16-28-25)24-10-6-9-20-22-13-12-18-7-2-3-8-19(18)21(22)14-15-23(20)24/h2-5,7-8,11-16,24-26H,6,9-10H2,1H3. The molecule has 2 aliphatic rings. The Morgan fingerprint density at radius 1 is 1.00 bits per heavy atom. The van der Waals surface area contributed by atoms with E-state index in [0.717, 1.165) is 19.3 Å². The number of benzene rings is 3. The number of hydrogen-bond acceptors (Lipinski definition) is 2. The molecule has 1 nitrogen and oxygen atoms in total. The van der Waals surface area contributed by atoms with E-state index in [4.69, 9.17) is 0 Å². The fourth-order valence-corrected chi connectivity index (χ4v) is 6.26. The molecule has 28 heavy (non-hydrogen) atoms. The summed E-state index contributed by atoms with van der Waals surface area (Å²) in [5, 5.41) is 7.69. The van der Waals surface area contributed by atoms with Crippen molar-refractivity contribution in [3.8, 4) is 0 Å². The van der Waals surface area contributed by atoms with E-state index in [1.165, 1.54) is 32.7 Å². The summed E-state index contributed by atoms with van der Waals surface area (Å²) in [7, 11) is 0. The summed E-state index contributed by atoms with van der Waals surface area (Å²) < 4.78 is 0. The summed E-state index contributed by atoms with van der Waals surface area (Å²) in [6, 6.07) is 17.8. The lowest BCUT2D eigenvalue weighted by Gasteiger charge is -2.35. The third kappa shape index (κ3) is 2.91. The van der Waals surface area contributed by atoms with Crippen molar-refractivity contribution in [2.75, 3.05) is 0 Å². The van der Waals surface area contributed by atoms with Gasteiger partial charge < -0.3 is 0 Å². The number of fused-ring (bicyclic) bond motifs is 5. The van der Waals surface area contributed by atoms with E-state index in [1.807, 2.05) is 0 Å². The van der Waals surface area contributed by atoms with Gasteiger partial charge in [0, 0.05) is 11.2 Å². The zero-order chi connectivity index (χ0) is 19.1. The van der Waals surface area contributed by atoms with Gasteiger partial charge in [-0.2, -0.15) is 0 Å². The molecule has 0 fully saturated rings. The molecule has 1 heterocycles. The largest absolute Gasteiger partial charge is 0.300 e. The maximum atomic E-state index is 12.7.